The van der Waals surface area contributed by atoms with E-state index in [0.29, 0.717) is 41.8 Å². The Morgan fingerprint density at radius 2 is 1.56 bits per heavy atom. The normalized spacial score (nSPS) is 16.5. The molecule has 234 valence electrons. The third kappa shape index (κ3) is 8.05. The number of para-hydroxylation sites is 1. The highest BCUT2D eigenvalue weighted by molar-refractivity contribution is 8.13. The summed E-state index contributed by atoms with van der Waals surface area (Å²) in [6.45, 7) is 3.31. The fraction of sp³-hybridized carbons (Fsp3) is 0.265. The Morgan fingerprint density at radius 1 is 0.911 bits per heavy atom. The molecule has 3 atom stereocenters. The molecule has 0 radical (unpaired) electrons. The molecule has 3 aromatic carbocycles. The number of carboxylic acid groups (broad SMARTS) is 1. The predicted molar refractivity (Wildman–Crippen MR) is 173 cm³/mol. The molecule has 1 aliphatic rings. The van der Waals surface area contributed by atoms with E-state index in [1.165, 1.54) is 44.5 Å². The van der Waals surface area contributed by atoms with Crippen LogP contribution in [-0.2, 0) is 20.7 Å². The number of carbonyl (C=O) groups is 5. The molecule has 1 heterocycles. The maximum Gasteiger partial charge on any atom is 0.549 e. The Hall–Kier alpha value is -4.74. The quantitative estimate of drug-likeness (QED) is 0.184. The van der Waals surface area contributed by atoms with Crippen LogP contribution in [-0.4, -0.2) is 53.0 Å². The summed E-state index contributed by atoms with van der Waals surface area (Å²) < 4.78 is 3.72. The van der Waals surface area contributed by atoms with Crippen molar-refractivity contribution in [1.82, 2.24) is 15.3 Å². The summed E-state index contributed by atoms with van der Waals surface area (Å²) in [5, 5.41) is 13.4. The van der Waals surface area contributed by atoms with E-state index in [2.05, 4.69) is 10.7 Å². The number of thioether (sulfide) groups is 1. The van der Waals surface area contributed by atoms with Gasteiger partial charge in [-0.05, 0) is 62.1 Å². The number of hydrogen-bond acceptors (Lipinski definition) is 7. The van der Waals surface area contributed by atoms with Crippen molar-refractivity contribution in [3.63, 3.8) is 0 Å². The van der Waals surface area contributed by atoms with Gasteiger partial charge in [-0.15, -0.1) is 0 Å². The highest BCUT2D eigenvalue weighted by Crippen LogP contribution is 2.41. The largest absolute Gasteiger partial charge is 0.549 e. The number of carbonyl (C=O) groups excluding carboxylic acids is 4. The summed E-state index contributed by atoms with van der Waals surface area (Å²) in [5.74, 6) is -1.44. The van der Waals surface area contributed by atoms with Gasteiger partial charge in [-0.1, -0.05) is 58.8 Å². The Kier molecular flexibility index (Phi) is 10.9. The molecule has 11 heteroatoms. The monoisotopic (exact) mass is 630 g/mol. The zero-order valence-corrected chi connectivity index (χ0v) is 26.1. The van der Waals surface area contributed by atoms with Crippen molar-refractivity contribution in [1.29, 1.82) is 0 Å². The Balaban J connectivity index is 1.52. The van der Waals surface area contributed by atoms with E-state index in [9.17, 15) is 29.1 Å². The summed E-state index contributed by atoms with van der Waals surface area (Å²) >= 11 is 1.12. The lowest BCUT2D eigenvalue weighted by Crippen LogP contribution is -2.60. The van der Waals surface area contributed by atoms with Gasteiger partial charge in [0.25, 0.3) is 5.91 Å². The minimum atomic E-state index is -1.32. The third-order valence-corrected chi connectivity index (χ3v) is 8.50. The van der Waals surface area contributed by atoms with Gasteiger partial charge < -0.3 is 15.2 Å². The number of ether oxygens (including phenoxy) is 1. The molecular formula is C34H36N3O7S+. The number of quaternary nitrogens is 1. The number of hydrogen-bond donors (Lipinski definition) is 3. The second-order valence-corrected chi connectivity index (χ2v) is 12.0. The Morgan fingerprint density at radius 3 is 2.20 bits per heavy atom. The molecule has 45 heavy (non-hydrogen) atoms. The first-order chi connectivity index (χ1) is 21.5. The van der Waals surface area contributed by atoms with Gasteiger partial charge in [0.15, 0.2) is 10.8 Å². The predicted octanol–water partition coefficient (Wildman–Crippen LogP) is 5.58. The molecule has 0 bridgehead atoms. The first kappa shape index (κ1) is 33.2. The lowest BCUT2D eigenvalue weighted by molar-refractivity contribution is -0.125. The Labute approximate surface area is 266 Å². The number of fused-ring (bicyclic) bond motifs is 1. The van der Waals surface area contributed by atoms with Crippen LogP contribution < -0.4 is 15.3 Å². The zero-order valence-electron chi connectivity index (χ0n) is 25.3. The molecule has 3 amide bonds. The van der Waals surface area contributed by atoms with Crippen LogP contribution in [0.15, 0.2) is 85.1 Å². The third-order valence-electron chi connectivity index (χ3n) is 7.52. The van der Waals surface area contributed by atoms with Crippen molar-refractivity contribution < 1.29 is 33.8 Å². The summed E-state index contributed by atoms with van der Waals surface area (Å²) in [6, 6.07) is 22.0. The van der Waals surface area contributed by atoms with E-state index in [-0.39, 0.29) is 28.2 Å². The van der Waals surface area contributed by atoms with E-state index in [0.717, 1.165) is 17.3 Å². The smallest absolute Gasteiger partial charge is 0.465 e. The second-order valence-electron chi connectivity index (χ2n) is 10.8. The molecule has 0 fully saturated rings. The topological polar surface area (TPSA) is 139 Å². The Bertz CT molecular complexity index is 1610. The van der Waals surface area contributed by atoms with Gasteiger partial charge in [0.05, 0.1) is 12.7 Å². The van der Waals surface area contributed by atoms with Gasteiger partial charge in [0.2, 0.25) is 5.91 Å². The second kappa shape index (κ2) is 14.8. The van der Waals surface area contributed by atoms with Crippen LogP contribution in [0.25, 0.3) is 5.57 Å². The van der Waals surface area contributed by atoms with E-state index in [4.69, 9.17) is 4.74 Å². The molecule has 0 saturated carbocycles. The van der Waals surface area contributed by atoms with E-state index < -0.39 is 28.5 Å². The van der Waals surface area contributed by atoms with Crippen LogP contribution in [0.4, 0.5) is 10.5 Å². The number of amides is 3. The SMILES string of the molecule is COC(=O)c1ccc(C(=O)N[N+]2(C(=O)O)C=C(C[C@@H](C)NC(=O)C(CCc3ccccc3)CSC(C)=O)c3ccccc32)cc1. The molecule has 0 saturated heterocycles. The fourth-order valence-corrected chi connectivity index (χ4v) is 5.98. The minimum Gasteiger partial charge on any atom is -0.465 e. The van der Waals surface area contributed by atoms with E-state index in [1.807, 2.05) is 37.3 Å². The van der Waals surface area contributed by atoms with E-state index in [1.54, 1.807) is 24.3 Å². The molecule has 1 aliphatic heterocycles. The molecular weight excluding hydrogens is 594 g/mol. The van der Waals surface area contributed by atoms with Crippen molar-refractivity contribution in [2.24, 2.45) is 5.92 Å². The molecule has 0 spiro atoms. The molecule has 10 nitrogen and oxygen atoms in total. The number of methoxy groups -OCH3 is 1. The summed E-state index contributed by atoms with van der Waals surface area (Å²) in [6.07, 6.45) is 1.70. The number of esters is 1. The van der Waals surface area contributed by atoms with Crippen LogP contribution in [0.2, 0.25) is 0 Å². The van der Waals surface area contributed by atoms with Crippen molar-refractivity contribution >= 4 is 52.0 Å². The van der Waals surface area contributed by atoms with Gasteiger partial charge in [-0.2, -0.15) is 10.2 Å². The zero-order chi connectivity index (χ0) is 32.6. The van der Waals surface area contributed by atoms with Crippen molar-refractivity contribution in [2.75, 3.05) is 12.9 Å². The molecule has 0 aliphatic carbocycles. The summed E-state index contributed by atoms with van der Waals surface area (Å²) in [5.41, 5.74) is 5.77. The van der Waals surface area contributed by atoms with Crippen molar-refractivity contribution in [3.8, 4) is 0 Å². The molecule has 0 aromatic heterocycles. The maximum absolute atomic E-state index is 13.4. The minimum absolute atomic E-state index is 0.0579. The lowest BCUT2D eigenvalue weighted by atomic mass is 9.98. The number of rotatable bonds is 11. The highest BCUT2D eigenvalue weighted by atomic mass is 32.2. The van der Waals surface area contributed by atoms with Gasteiger partial charge in [0.1, 0.15) is 6.20 Å². The summed E-state index contributed by atoms with van der Waals surface area (Å²) in [7, 11) is 1.25. The number of benzene rings is 3. The van der Waals surface area contributed by atoms with Crippen LogP contribution in [0, 0.1) is 5.92 Å². The summed E-state index contributed by atoms with van der Waals surface area (Å²) in [4.78, 5) is 62.9. The molecule has 2 unspecified atom stereocenters. The number of nitrogens with one attached hydrogen (secondary N) is 2. The van der Waals surface area contributed by atoms with Gasteiger partial charge in [-0.25, -0.2) is 4.79 Å². The van der Waals surface area contributed by atoms with Crippen LogP contribution in [0.5, 0.6) is 0 Å². The first-order valence-corrected chi connectivity index (χ1v) is 15.4. The maximum atomic E-state index is 13.4. The van der Waals surface area contributed by atoms with Crippen molar-refractivity contribution in [3.05, 3.63) is 107 Å². The number of aryl methyl sites for hydroxylation is 1. The fourth-order valence-electron chi connectivity index (χ4n) is 5.22. The molecule has 4 rings (SSSR count). The van der Waals surface area contributed by atoms with Crippen LogP contribution in [0.1, 0.15) is 58.5 Å². The molecule has 3 N–H and O–H groups in total. The van der Waals surface area contributed by atoms with Gasteiger partial charge in [0, 0.05) is 47.4 Å². The van der Waals surface area contributed by atoms with Crippen molar-refractivity contribution in [2.45, 2.75) is 39.2 Å². The first-order valence-electron chi connectivity index (χ1n) is 14.5. The van der Waals surface area contributed by atoms with E-state index >= 15 is 0 Å². The number of nitrogens with zero attached hydrogens (tertiary/aromatic N) is 1. The molecule has 3 aromatic rings. The highest BCUT2D eigenvalue weighted by Gasteiger charge is 2.48. The average molecular weight is 631 g/mol. The van der Waals surface area contributed by atoms with Gasteiger partial charge >= 0.3 is 12.1 Å². The van der Waals surface area contributed by atoms with Crippen LogP contribution >= 0.6 is 11.8 Å². The lowest BCUT2D eigenvalue weighted by Gasteiger charge is -2.25. The van der Waals surface area contributed by atoms with Crippen LogP contribution in [0.3, 0.4) is 0 Å². The van der Waals surface area contributed by atoms with Gasteiger partial charge in [-0.3, -0.25) is 14.4 Å². The standard InChI is InChI=1S/C34H35N3O7S/c1-22(35-31(39)27(21-45-23(2)38)14-13-24-9-5-4-6-10-24)19-28-20-37(34(42)43,30-12-8-7-11-29(28)30)36-32(40)25-15-17-26(18-16-25)33(41)44-3/h4-12,15-18,20,22,27H,13-14,19,21H2,1-3H3,(H2-,35,36,39,40,42,43)/p+1/t22-,27?,37?/m1/s1. The average Bonchev–Trinajstić information content (AvgIpc) is 3.34.